The van der Waals surface area contributed by atoms with Crippen molar-refractivity contribution < 1.29 is 14.3 Å². The van der Waals surface area contributed by atoms with E-state index in [9.17, 15) is 4.79 Å². The maximum atomic E-state index is 10.7. The highest BCUT2D eigenvalue weighted by Crippen LogP contribution is 2.04. The Morgan fingerprint density at radius 3 is 1.59 bits per heavy atom. The van der Waals surface area contributed by atoms with E-state index in [2.05, 4.69) is 29.9 Å². The first-order chi connectivity index (χ1) is 14.2. The Kier molecular flexibility index (Phi) is 21.3. The molecule has 1 fully saturated rings. The van der Waals surface area contributed by atoms with Gasteiger partial charge in [-0.15, -0.1) is 0 Å². The Morgan fingerprint density at radius 2 is 1.28 bits per heavy atom. The second kappa shape index (κ2) is 21.6. The molecule has 1 aliphatic heterocycles. The molecule has 1 saturated heterocycles. The summed E-state index contributed by atoms with van der Waals surface area (Å²) in [5.41, 5.74) is 2.25. The fourth-order valence-corrected chi connectivity index (χ4v) is 1.65. The molecule has 0 amide bonds. The molecule has 1 aliphatic rings. The van der Waals surface area contributed by atoms with E-state index in [1.54, 1.807) is 6.08 Å². The zero-order valence-corrected chi connectivity index (χ0v) is 19.1. The number of rotatable bonds is 3. The van der Waals surface area contributed by atoms with Gasteiger partial charge < -0.3 is 9.47 Å². The van der Waals surface area contributed by atoms with Crippen LogP contribution >= 0.6 is 0 Å². The molecular formula is C26H38O3. The summed E-state index contributed by atoms with van der Waals surface area (Å²) >= 11 is 0. The topological polar surface area (TPSA) is 38.8 Å². The number of allylic oxidation sites excluding steroid dienone is 1. The van der Waals surface area contributed by atoms with E-state index >= 15 is 0 Å². The van der Waals surface area contributed by atoms with Crippen molar-refractivity contribution >= 4 is 18.1 Å². The molecule has 3 heteroatoms. The van der Waals surface area contributed by atoms with Crippen molar-refractivity contribution in [3.63, 3.8) is 0 Å². The molecule has 0 bridgehead atoms. The van der Waals surface area contributed by atoms with Crippen LogP contribution in [0.25, 0.3) is 12.2 Å². The van der Waals surface area contributed by atoms with Crippen molar-refractivity contribution in [2.24, 2.45) is 0 Å². The lowest BCUT2D eigenvalue weighted by Gasteiger charge is -1.91. The molecule has 0 aliphatic carbocycles. The molecule has 0 aromatic heterocycles. The highest BCUT2D eigenvalue weighted by molar-refractivity contribution is 5.86. The van der Waals surface area contributed by atoms with Crippen molar-refractivity contribution in [1.82, 2.24) is 0 Å². The molecular weight excluding hydrogens is 360 g/mol. The Labute approximate surface area is 178 Å². The number of carbonyl (C=O) groups is 1. The average molecular weight is 399 g/mol. The summed E-state index contributed by atoms with van der Waals surface area (Å²) in [5, 5.41) is 0. The first kappa shape index (κ1) is 28.6. The molecule has 1 unspecified atom stereocenters. The van der Waals surface area contributed by atoms with E-state index in [1.165, 1.54) is 18.7 Å². The van der Waals surface area contributed by atoms with Crippen molar-refractivity contribution in [2.75, 3.05) is 13.7 Å². The molecule has 1 atom stereocenters. The van der Waals surface area contributed by atoms with Gasteiger partial charge in [0.15, 0.2) is 0 Å². The molecule has 2 aromatic carbocycles. The van der Waals surface area contributed by atoms with Gasteiger partial charge in [0.25, 0.3) is 0 Å². The minimum Gasteiger partial charge on any atom is -0.466 e. The number of esters is 1. The van der Waals surface area contributed by atoms with Crippen LogP contribution in [0.3, 0.4) is 0 Å². The molecule has 2 aromatic rings. The summed E-state index contributed by atoms with van der Waals surface area (Å²) in [4.78, 5) is 10.7. The second-order valence-corrected chi connectivity index (χ2v) is 5.32. The number of methoxy groups -OCH3 is 1. The molecule has 0 saturated carbocycles. The van der Waals surface area contributed by atoms with Gasteiger partial charge in [0, 0.05) is 6.08 Å². The van der Waals surface area contributed by atoms with Gasteiger partial charge >= 0.3 is 5.97 Å². The zero-order chi connectivity index (χ0) is 22.3. The maximum absolute atomic E-state index is 10.7. The van der Waals surface area contributed by atoms with Crippen LogP contribution in [-0.4, -0.2) is 25.8 Å². The van der Waals surface area contributed by atoms with Gasteiger partial charge in [0.2, 0.25) is 0 Å². The predicted molar refractivity (Wildman–Crippen MR) is 127 cm³/mol. The van der Waals surface area contributed by atoms with Gasteiger partial charge in [0.1, 0.15) is 0 Å². The predicted octanol–water partition coefficient (Wildman–Crippen LogP) is 7.05. The van der Waals surface area contributed by atoms with Gasteiger partial charge in [-0.05, 0) is 31.1 Å². The molecule has 3 rings (SSSR count). The first-order valence-electron chi connectivity index (χ1n) is 10.3. The van der Waals surface area contributed by atoms with Crippen LogP contribution in [0, 0.1) is 0 Å². The van der Waals surface area contributed by atoms with Crippen molar-refractivity contribution in [1.29, 1.82) is 0 Å². The molecule has 29 heavy (non-hydrogen) atoms. The van der Waals surface area contributed by atoms with Gasteiger partial charge in [-0.1, -0.05) is 101 Å². The summed E-state index contributed by atoms with van der Waals surface area (Å²) in [6.07, 6.45) is 7.82. The second-order valence-electron chi connectivity index (χ2n) is 5.32. The largest absolute Gasteiger partial charge is 0.466 e. The van der Waals surface area contributed by atoms with Crippen LogP contribution in [0.4, 0.5) is 0 Å². The fraction of sp³-hybridized carbons (Fsp3) is 0.346. The minimum atomic E-state index is -0.334. The third kappa shape index (κ3) is 19.9. The first-order valence-corrected chi connectivity index (χ1v) is 10.3. The van der Waals surface area contributed by atoms with Crippen LogP contribution in [0.15, 0.2) is 72.8 Å². The Hall–Kier alpha value is -2.65. The van der Waals surface area contributed by atoms with E-state index < -0.39 is 0 Å². The number of benzene rings is 2. The molecule has 160 valence electrons. The summed E-state index contributed by atoms with van der Waals surface area (Å²) in [6, 6.07) is 19.8. The summed E-state index contributed by atoms with van der Waals surface area (Å²) < 4.78 is 9.15. The van der Waals surface area contributed by atoms with E-state index in [4.69, 9.17) is 4.74 Å². The number of carbonyl (C=O) groups excluding carboxylic acids is 1. The van der Waals surface area contributed by atoms with Gasteiger partial charge in [0.05, 0.1) is 19.8 Å². The molecule has 1 heterocycles. The summed E-state index contributed by atoms with van der Waals surface area (Å²) in [6.45, 7) is 13.1. The van der Waals surface area contributed by atoms with Crippen molar-refractivity contribution in [2.45, 2.75) is 47.6 Å². The Morgan fingerprint density at radius 1 is 0.897 bits per heavy atom. The molecule has 0 spiro atoms. The van der Waals surface area contributed by atoms with Crippen LogP contribution in [-0.2, 0) is 14.3 Å². The van der Waals surface area contributed by atoms with E-state index in [-0.39, 0.29) is 5.97 Å². The quantitative estimate of drug-likeness (QED) is 0.316. The zero-order valence-electron chi connectivity index (χ0n) is 19.1. The highest BCUT2D eigenvalue weighted by atomic mass is 16.6. The number of hydrogen-bond acceptors (Lipinski definition) is 3. The van der Waals surface area contributed by atoms with Crippen molar-refractivity contribution in [3.8, 4) is 0 Å². The number of ether oxygens (including phenoxy) is 2. The third-order valence-corrected chi connectivity index (χ3v) is 3.07. The average Bonchev–Trinajstić information content (AvgIpc) is 3.59. The minimum absolute atomic E-state index is 0.334. The fourth-order valence-electron chi connectivity index (χ4n) is 1.65. The lowest BCUT2D eigenvalue weighted by Crippen LogP contribution is -1.92. The Balaban J connectivity index is 0. The van der Waals surface area contributed by atoms with Crippen LogP contribution in [0.2, 0.25) is 0 Å². The third-order valence-electron chi connectivity index (χ3n) is 3.07. The lowest BCUT2D eigenvalue weighted by molar-refractivity contribution is -0.134. The van der Waals surface area contributed by atoms with E-state index in [0.717, 1.165) is 12.2 Å². The Bertz CT molecular complexity index is 642. The lowest BCUT2D eigenvalue weighted by atomic mass is 10.2. The SMILES string of the molecule is CC.CC.CC1CO1.CC=Cc1ccccc1.COC(=O)/C=C/c1ccccc1. The van der Waals surface area contributed by atoms with E-state index in [1.807, 2.05) is 89.2 Å². The summed E-state index contributed by atoms with van der Waals surface area (Å²) in [7, 11) is 1.36. The van der Waals surface area contributed by atoms with Crippen LogP contribution < -0.4 is 0 Å². The van der Waals surface area contributed by atoms with Gasteiger partial charge in [-0.25, -0.2) is 4.79 Å². The highest BCUT2D eigenvalue weighted by Gasteiger charge is 2.13. The smallest absolute Gasteiger partial charge is 0.330 e. The van der Waals surface area contributed by atoms with Crippen molar-refractivity contribution in [3.05, 3.63) is 83.9 Å². The summed E-state index contributed by atoms with van der Waals surface area (Å²) in [5.74, 6) is -0.334. The van der Waals surface area contributed by atoms with Gasteiger partial charge in [-0.3, -0.25) is 0 Å². The number of hydrogen-bond donors (Lipinski definition) is 0. The normalized spacial score (nSPS) is 13.3. The molecule has 3 nitrogen and oxygen atoms in total. The molecule has 0 N–H and O–H groups in total. The van der Waals surface area contributed by atoms with Gasteiger partial charge in [-0.2, -0.15) is 0 Å². The maximum Gasteiger partial charge on any atom is 0.330 e. The van der Waals surface area contributed by atoms with Crippen LogP contribution in [0.5, 0.6) is 0 Å². The number of epoxide rings is 1. The van der Waals surface area contributed by atoms with E-state index in [0.29, 0.717) is 6.10 Å². The standard InChI is InChI=1S/C10H10O2.C9H10.C3H6O.2C2H6/c1-12-10(11)8-7-9-5-3-2-4-6-9;1-2-6-9-7-4-3-5-8-9;1-3-2-4-3;2*1-2/h2-8H,1H3;2-8H,1H3;3H,2H2,1H3;2*1-2H3/b8-7+;;;;. The van der Waals surface area contributed by atoms with Crippen LogP contribution in [0.1, 0.15) is 52.7 Å². The monoisotopic (exact) mass is 398 g/mol. The molecule has 0 radical (unpaired) electrons.